The minimum atomic E-state index is -0.259. The van der Waals surface area contributed by atoms with E-state index >= 15 is 0 Å². The molecule has 2 aliphatic rings. The van der Waals surface area contributed by atoms with Gasteiger partial charge in [-0.25, -0.2) is 4.79 Å². The van der Waals surface area contributed by atoms with Gasteiger partial charge in [0, 0.05) is 19.5 Å². The lowest BCUT2D eigenvalue weighted by atomic mass is 9.94. The van der Waals surface area contributed by atoms with Crippen molar-refractivity contribution in [1.29, 1.82) is 0 Å². The van der Waals surface area contributed by atoms with Crippen molar-refractivity contribution >= 4 is 28.1 Å². The van der Waals surface area contributed by atoms with Crippen molar-refractivity contribution in [2.24, 2.45) is 0 Å². The zero-order chi connectivity index (χ0) is 14.8. The maximum Gasteiger partial charge on any atom is 0.341 e. The summed E-state index contributed by atoms with van der Waals surface area (Å²) < 4.78 is 5.25. The van der Waals surface area contributed by atoms with Gasteiger partial charge in [-0.1, -0.05) is 0 Å². The standard InChI is InChI=1S/C16H21NO3S/c1-2-20-16(19)13-11-7-6-8-12(18)14(11)21-15(13)17-9-4-3-5-10-17/h2-10H2,1H3. The lowest BCUT2D eigenvalue weighted by Gasteiger charge is -2.28. The minimum absolute atomic E-state index is 0.190. The van der Waals surface area contributed by atoms with Gasteiger partial charge in [-0.15, -0.1) is 11.3 Å². The van der Waals surface area contributed by atoms with E-state index in [-0.39, 0.29) is 11.8 Å². The van der Waals surface area contributed by atoms with Crippen molar-refractivity contribution in [3.63, 3.8) is 0 Å². The number of fused-ring (bicyclic) bond motifs is 1. The average molecular weight is 307 g/mol. The third-order valence-corrected chi connectivity index (χ3v) is 5.53. The van der Waals surface area contributed by atoms with E-state index in [2.05, 4.69) is 4.90 Å². The first-order valence-corrected chi connectivity index (χ1v) is 8.65. The van der Waals surface area contributed by atoms with Gasteiger partial charge in [0.05, 0.1) is 17.0 Å². The molecule has 5 heteroatoms. The first kappa shape index (κ1) is 14.6. The molecule has 1 aromatic rings. The Labute approximate surface area is 129 Å². The molecule has 0 amide bonds. The van der Waals surface area contributed by atoms with Crippen LogP contribution < -0.4 is 4.90 Å². The SMILES string of the molecule is CCOC(=O)c1c(N2CCCCC2)sc2c1CCCC2=O. The smallest absolute Gasteiger partial charge is 0.341 e. The number of thiophene rings is 1. The number of piperidine rings is 1. The summed E-state index contributed by atoms with van der Waals surface area (Å²) in [5, 5.41) is 0.966. The Morgan fingerprint density at radius 2 is 1.95 bits per heavy atom. The van der Waals surface area contributed by atoms with E-state index in [4.69, 9.17) is 4.74 Å². The Morgan fingerprint density at radius 1 is 1.19 bits per heavy atom. The summed E-state index contributed by atoms with van der Waals surface area (Å²) in [7, 11) is 0. The summed E-state index contributed by atoms with van der Waals surface area (Å²) in [5.41, 5.74) is 1.61. The molecule has 1 aliphatic carbocycles. The van der Waals surface area contributed by atoms with Gasteiger partial charge in [0.25, 0.3) is 0 Å². The quantitative estimate of drug-likeness (QED) is 0.803. The van der Waals surface area contributed by atoms with Crippen molar-refractivity contribution in [1.82, 2.24) is 0 Å². The molecule has 0 saturated carbocycles. The van der Waals surface area contributed by atoms with Crippen LogP contribution in [0.5, 0.6) is 0 Å². The Kier molecular flexibility index (Phi) is 4.29. The molecule has 0 N–H and O–H groups in total. The second kappa shape index (κ2) is 6.18. The largest absolute Gasteiger partial charge is 0.462 e. The summed E-state index contributed by atoms with van der Waals surface area (Å²) in [4.78, 5) is 27.6. The number of rotatable bonds is 3. The highest BCUT2D eigenvalue weighted by Gasteiger charge is 2.32. The topological polar surface area (TPSA) is 46.6 Å². The second-order valence-electron chi connectivity index (χ2n) is 5.63. The van der Waals surface area contributed by atoms with Gasteiger partial charge in [-0.3, -0.25) is 4.79 Å². The molecule has 2 heterocycles. The number of esters is 1. The fourth-order valence-electron chi connectivity index (χ4n) is 3.19. The highest BCUT2D eigenvalue weighted by molar-refractivity contribution is 7.18. The number of carbonyl (C=O) groups is 2. The third kappa shape index (κ3) is 2.71. The summed E-state index contributed by atoms with van der Waals surface area (Å²) >= 11 is 1.51. The molecule has 0 atom stereocenters. The Bertz CT molecular complexity index is 558. The molecule has 114 valence electrons. The molecular weight excluding hydrogens is 286 g/mol. The predicted octanol–water partition coefficient (Wildman–Crippen LogP) is 3.43. The van der Waals surface area contributed by atoms with Crippen molar-refractivity contribution in [2.45, 2.75) is 45.4 Å². The zero-order valence-corrected chi connectivity index (χ0v) is 13.3. The first-order valence-electron chi connectivity index (χ1n) is 7.83. The molecule has 0 spiro atoms. The number of hydrogen-bond donors (Lipinski definition) is 0. The third-order valence-electron chi connectivity index (χ3n) is 4.20. The molecule has 0 radical (unpaired) electrons. The van der Waals surface area contributed by atoms with E-state index in [1.54, 1.807) is 0 Å². The predicted molar refractivity (Wildman–Crippen MR) is 83.6 cm³/mol. The van der Waals surface area contributed by atoms with Crippen LogP contribution in [0.2, 0.25) is 0 Å². The molecule has 1 fully saturated rings. The minimum Gasteiger partial charge on any atom is -0.462 e. The maximum atomic E-state index is 12.4. The molecule has 4 nitrogen and oxygen atoms in total. The van der Waals surface area contributed by atoms with Crippen LogP contribution in [0.1, 0.15) is 64.6 Å². The van der Waals surface area contributed by atoms with Crippen LogP contribution in [0, 0.1) is 0 Å². The van der Waals surface area contributed by atoms with Gasteiger partial charge in [0.1, 0.15) is 5.00 Å². The summed E-state index contributed by atoms with van der Waals surface area (Å²) in [6.07, 6.45) is 5.82. The molecule has 0 bridgehead atoms. The van der Waals surface area contributed by atoms with Crippen LogP contribution in [0.15, 0.2) is 0 Å². The van der Waals surface area contributed by atoms with Crippen LogP contribution in [-0.4, -0.2) is 31.4 Å². The molecule has 1 saturated heterocycles. The van der Waals surface area contributed by atoms with Gasteiger partial charge in [0.2, 0.25) is 0 Å². The average Bonchev–Trinajstić information content (AvgIpc) is 2.89. The van der Waals surface area contributed by atoms with Crippen molar-refractivity contribution < 1.29 is 14.3 Å². The van der Waals surface area contributed by atoms with Crippen LogP contribution in [-0.2, 0) is 11.2 Å². The number of carbonyl (C=O) groups excluding carboxylic acids is 2. The summed E-state index contributed by atoms with van der Waals surface area (Å²) in [5.74, 6) is -0.0691. The van der Waals surface area contributed by atoms with E-state index < -0.39 is 0 Å². The van der Waals surface area contributed by atoms with Gasteiger partial charge < -0.3 is 9.64 Å². The van der Waals surface area contributed by atoms with E-state index in [1.807, 2.05) is 6.92 Å². The van der Waals surface area contributed by atoms with Crippen LogP contribution in [0.25, 0.3) is 0 Å². The van der Waals surface area contributed by atoms with Gasteiger partial charge in [-0.2, -0.15) is 0 Å². The summed E-state index contributed by atoms with van der Waals surface area (Å²) in [6, 6.07) is 0. The molecule has 1 aromatic heterocycles. The lowest BCUT2D eigenvalue weighted by molar-refractivity contribution is 0.0526. The maximum absolute atomic E-state index is 12.4. The number of anilines is 1. The Morgan fingerprint density at radius 3 is 2.67 bits per heavy atom. The zero-order valence-electron chi connectivity index (χ0n) is 12.4. The highest BCUT2D eigenvalue weighted by atomic mass is 32.1. The molecule has 3 rings (SSSR count). The van der Waals surface area contributed by atoms with Crippen LogP contribution >= 0.6 is 11.3 Å². The fourth-order valence-corrected chi connectivity index (χ4v) is 4.55. The molecular formula is C16H21NO3S. The Hall–Kier alpha value is -1.36. The molecule has 0 aromatic carbocycles. The number of nitrogens with zero attached hydrogens (tertiary/aromatic N) is 1. The number of hydrogen-bond acceptors (Lipinski definition) is 5. The molecule has 21 heavy (non-hydrogen) atoms. The fraction of sp³-hybridized carbons (Fsp3) is 0.625. The van der Waals surface area contributed by atoms with Gasteiger partial charge in [-0.05, 0) is 44.6 Å². The van der Waals surface area contributed by atoms with Crippen molar-refractivity contribution in [3.8, 4) is 0 Å². The van der Waals surface area contributed by atoms with E-state index in [0.29, 0.717) is 18.6 Å². The molecule has 0 unspecified atom stereocenters. The van der Waals surface area contributed by atoms with E-state index in [1.165, 1.54) is 17.8 Å². The van der Waals surface area contributed by atoms with Crippen molar-refractivity contribution in [3.05, 3.63) is 16.0 Å². The Balaban J connectivity index is 2.04. The number of ether oxygens (including phenoxy) is 1. The number of Topliss-reactive ketones (excluding diaryl/α,β-unsaturated/α-hetero) is 1. The second-order valence-corrected chi connectivity index (χ2v) is 6.63. The highest BCUT2D eigenvalue weighted by Crippen LogP contribution is 2.41. The monoisotopic (exact) mass is 307 g/mol. The van der Waals surface area contributed by atoms with E-state index in [9.17, 15) is 9.59 Å². The molecule has 1 aliphatic heterocycles. The van der Waals surface area contributed by atoms with Gasteiger partial charge >= 0.3 is 5.97 Å². The van der Waals surface area contributed by atoms with Crippen molar-refractivity contribution in [2.75, 3.05) is 24.6 Å². The number of ketones is 1. The first-order chi connectivity index (χ1) is 10.2. The van der Waals surface area contributed by atoms with Crippen LogP contribution in [0.4, 0.5) is 5.00 Å². The summed E-state index contributed by atoms with van der Waals surface area (Å²) in [6.45, 7) is 4.14. The normalized spacial score (nSPS) is 18.5. The lowest BCUT2D eigenvalue weighted by Crippen LogP contribution is -2.30. The van der Waals surface area contributed by atoms with E-state index in [0.717, 1.165) is 54.2 Å². The van der Waals surface area contributed by atoms with Gasteiger partial charge in [0.15, 0.2) is 5.78 Å². The van der Waals surface area contributed by atoms with Crippen LogP contribution in [0.3, 0.4) is 0 Å².